The van der Waals surface area contributed by atoms with Crippen molar-refractivity contribution in [3.8, 4) is 22.6 Å². The van der Waals surface area contributed by atoms with Crippen molar-refractivity contribution in [2.24, 2.45) is 0 Å². The first-order valence-corrected chi connectivity index (χ1v) is 22.9. The highest BCUT2D eigenvalue weighted by molar-refractivity contribution is 6.61. The summed E-state index contributed by atoms with van der Waals surface area (Å²) in [4.78, 5) is 26.7. The lowest BCUT2D eigenvalue weighted by Crippen LogP contribution is -2.46. The molecule has 0 atom stereocenters. The van der Waals surface area contributed by atoms with E-state index in [2.05, 4.69) is 10.6 Å². The molecule has 0 spiro atoms. The molecule has 294 valence electrons. The quantitative estimate of drug-likeness (QED) is 0.0557. The van der Waals surface area contributed by atoms with Crippen molar-refractivity contribution in [2.45, 2.75) is 66.5 Å². The molecule has 54 heavy (non-hydrogen) atoms. The van der Waals surface area contributed by atoms with E-state index in [0.717, 1.165) is 21.5 Å². The molecule has 0 heterocycles. The molecule has 4 aromatic rings. The maximum absolute atomic E-state index is 13.4. The summed E-state index contributed by atoms with van der Waals surface area (Å²) in [6, 6.07) is 24.1. The zero-order valence-corrected chi connectivity index (χ0v) is 34.5. The third-order valence-corrected chi connectivity index (χ3v) is 14.8. The lowest BCUT2D eigenvalue weighted by Gasteiger charge is -2.28. The van der Waals surface area contributed by atoms with Gasteiger partial charge in [0.2, 0.25) is 0 Å². The van der Waals surface area contributed by atoms with Gasteiger partial charge in [-0.05, 0) is 88.1 Å². The Morgan fingerprint density at radius 3 is 1.15 bits per heavy atom. The van der Waals surface area contributed by atoms with Gasteiger partial charge in [0, 0.05) is 75.9 Å². The molecule has 0 aliphatic carbocycles. The zero-order valence-electron chi connectivity index (χ0n) is 32.5. The molecule has 0 saturated carbocycles. The Labute approximate surface area is 321 Å². The predicted molar refractivity (Wildman–Crippen MR) is 215 cm³/mol. The lowest BCUT2D eigenvalue weighted by molar-refractivity contribution is 0.0700. The number of benzene rings is 4. The Balaban J connectivity index is 1.58. The first kappa shape index (κ1) is 42.9. The van der Waals surface area contributed by atoms with Crippen molar-refractivity contribution < 1.29 is 45.6 Å². The minimum Gasteiger partial charge on any atom is -0.410 e. The second kappa shape index (κ2) is 21.9. The van der Waals surface area contributed by atoms with E-state index < -0.39 is 29.8 Å². The lowest BCUT2D eigenvalue weighted by atomic mass is 9.92. The van der Waals surface area contributed by atoms with Gasteiger partial charge in [-0.3, -0.25) is 0 Å². The fraction of sp³-hybridized carbons (Fsp3) is 0.450. The summed E-state index contributed by atoms with van der Waals surface area (Å²) in [6.07, 6.45) is -0.0773. The fourth-order valence-corrected chi connectivity index (χ4v) is 11.7. The summed E-state index contributed by atoms with van der Waals surface area (Å²) in [7, 11) is -5.71. The second-order valence-electron chi connectivity index (χ2n) is 12.1. The topological polar surface area (TPSA) is 132 Å². The van der Waals surface area contributed by atoms with Crippen molar-refractivity contribution in [3.63, 3.8) is 0 Å². The SMILES string of the molecule is CCO[Si](CCCNC(=O)Oc1ccc2ccccc2c1-c1c(OC(=O)NCCC[Si](OCC)(OCC)OCC)ccc2ccccc12)(OCC)OCC. The van der Waals surface area contributed by atoms with Crippen LogP contribution in [0, 0.1) is 0 Å². The standard InChI is InChI=1S/C40H56N2O10Si2/c1-7-45-53(46-8-2,47-9-3)29-17-27-41-39(43)51-35-25-23-31-19-13-15-21-33(31)37(35)38-34-22-16-14-20-32(34)24-26-36(38)52-40(44)42-28-18-30-54(48-10-4,49-11-5)50-12-6/h13-16,19-26H,7-12,17-18,27-30H2,1-6H3,(H,41,43)(H,42,44). The van der Waals surface area contributed by atoms with Crippen molar-refractivity contribution in [1.29, 1.82) is 0 Å². The highest BCUT2D eigenvalue weighted by Crippen LogP contribution is 2.45. The third kappa shape index (κ3) is 11.6. The van der Waals surface area contributed by atoms with Gasteiger partial charge in [0.1, 0.15) is 11.5 Å². The first-order valence-electron chi connectivity index (χ1n) is 19.1. The number of fused-ring (bicyclic) bond motifs is 2. The van der Waals surface area contributed by atoms with Crippen LogP contribution in [0.2, 0.25) is 12.1 Å². The summed E-state index contributed by atoms with van der Waals surface area (Å²) in [5.41, 5.74) is 1.25. The van der Waals surface area contributed by atoms with E-state index in [-0.39, 0.29) is 0 Å². The van der Waals surface area contributed by atoms with E-state index in [1.807, 2.05) is 102 Å². The average molecular weight is 781 g/mol. The van der Waals surface area contributed by atoms with Gasteiger partial charge >= 0.3 is 29.8 Å². The number of nitrogens with one attached hydrogen (secondary N) is 2. The molecule has 0 aromatic heterocycles. The fourth-order valence-electron chi connectivity index (χ4n) is 6.45. The summed E-state index contributed by atoms with van der Waals surface area (Å²) >= 11 is 0. The van der Waals surface area contributed by atoms with E-state index in [9.17, 15) is 9.59 Å². The Morgan fingerprint density at radius 1 is 0.481 bits per heavy atom. The Kier molecular flexibility index (Phi) is 17.4. The molecule has 4 aromatic carbocycles. The second-order valence-corrected chi connectivity index (χ2v) is 17.6. The summed E-state index contributed by atoms with van der Waals surface area (Å²) in [6.45, 7) is 15.0. The molecule has 2 N–H and O–H groups in total. The van der Waals surface area contributed by atoms with E-state index >= 15 is 0 Å². The highest BCUT2D eigenvalue weighted by atomic mass is 28.4. The highest BCUT2D eigenvalue weighted by Gasteiger charge is 2.40. The van der Waals surface area contributed by atoms with Crippen LogP contribution in [0.5, 0.6) is 11.5 Å². The van der Waals surface area contributed by atoms with Gasteiger partial charge in [-0.2, -0.15) is 0 Å². The average Bonchev–Trinajstić information content (AvgIpc) is 3.16. The number of carbonyl (C=O) groups excluding carboxylic acids is 2. The molecule has 14 heteroatoms. The predicted octanol–water partition coefficient (Wildman–Crippen LogP) is 8.71. The van der Waals surface area contributed by atoms with Crippen LogP contribution in [0.25, 0.3) is 32.7 Å². The normalized spacial score (nSPS) is 11.9. The largest absolute Gasteiger partial charge is 0.500 e. The smallest absolute Gasteiger partial charge is 0.410 e. The van der Waals surface area contributed by atoms with Gasteiger partial charge in [0.15, 0.2) is 0 Å². The minimum atomic E-state index is -2.86. The third-order valence-electron chi connectivity index (χ3n) is 8.48. The van der Waals surface area contributed by atoms with Crippen molar-refractivity contribution in [1.82, 2.24) is 10.6 Å². The monoisotopic (exact) mass is 780 g/mol. The van der Waals surface area contributed by atoms with Crippen LogP contribution >= 0.6 is 0 Å². The van der Waals surface area contributed by atoms with E-state index in [1.54, 1.807) is 12.1 Å². The van der Waals surface area contributed by atoms with E-state index in [1.165, 1.54) is 0 Å². The maximum Gasteiger partial charge on any atom is 0.500 e. The summed E-state index contributed by atoms with van der Waals surface area (Å²) < 4.78 is 47.8. The molecular formula is C40H56N2O10Si2. The molecule has 0 aliphatic rings. The summed E-state index contributed by atoms with van der Waals surface area (Å²) in [5, 5.41) is 9.27. The van der Waals surface area contributed by atoms with Crippen LogP contribution in [-0.4, -0.2) is 82.5 Å². The van der Waals surface area contributed by atoms with Crippen LogP contribution in [0.15, 0.2) is 72.8 Å². The minimum absolute atomic E-state index is 0.318. The molecule has 0 radical (unpaired) electrons. The molecule has 0 bridgehead atoms. The maximum atomic E-state index is 13.4. The van der Waals surface area contributed by atoms with Gasteiger partial charge < -0.3 is 46.7 Å². The van der Waals surface area contributed by atoms with E-state index in [4.69, 9.17) is 36.0 Å². The Hall–Kier alpha value is -3.87. The molecule has 0 unspecified atom stereocenters. The summed E-state index contributed by atoms with van der Waals surface area (Å²) in [5.74, 6) is 0.636. The van der Waals surface area contributed by atoms with Crippen molar-refractivity contribution in [3.05, 3.63) is 72.8 Å². The number of hydrogen-bond acceptors (Lipinski definition) is 10. The molecular weight excluding hydrogens is 725 g/mol. The number of amides is 2. The number of rotatable bonds is 23. The van der Waals surface area contributed by atoms with Crippen LogP contribution in [0.1, 0.15) is 54.4 Å². The van der Waals surface area contributed by atoms with Gasteiger partial charge in [-0.15, -0.1) is 0 Å². The van der Waals surface area contributed by atoms with Gasteiger partial charge in [0.05, 0.1) is 0 Å². The zero-order chi connectivity index (χ0) is 38.8. The Morgan fingerprint density at radius 2 is 0.815 bits per heavy atom. The molecule has 4 rings (SSSR count). The van der Waals surface area contributed by atoms with Crippen molar-refractivity contribution in [2.75, 3.05) is 52.7 Å². The number of carbonyl (C=O) groups is 2. The van der Waals surface area contributed by atoms with Crippen LogP contribution < -0.4 is 20.1 Å². The van der Waals surface area contributed by atoms with Crippen molar-refractivity contribution >= 4 is 51.3 Å². The van der Waals surface area contributed by atoms with Crippen LogP contribution in [0.4, 0.5) is 9.59 Å². The molecule has 12 nitrogen and oxygen atoms in total. The number of ether oxygens (including phenoxy) is 2. The Bertz CT molecular complexity index is 1630. The van der Waals surface area contributed by atoms with Crippen LogP contribution in [-0.2, 0) is 26.6 Å². The van der Waals surface area contributed by atoms with Gasteiger partial charge in [0.25, 0.3) is 0 Å². The molecule has 0 fully saturated rings. The van der Waals surface area contributed by atoms with Gasteiger partial charge in [-0.25, -0.2) is 9.59 Å². The van der Waals surface area contributed by atoms with E-state index in [0.29, 0.717) is 100 Å². The van der Waals surface area contributed by atoms with Crippen LogP contribution in [0.3, 0.4) is 0 Å². The number of hydrogen-bond donors (Lipinski definition) is 2. The molecule has 0 saturated heterocycles. The molecule has 2 amide bonds. The first-order chi connectivity index (χ1) is 26.3. The molecule has 0 aliphatic heterocycles. The van der Waals surface area contributed by atoms with Gasteiger partial charge in [-0.1, -0.05) is 60.7 Å².